The Balaban J connectivity index is 1.39. The Kier molecular flexibility index (Phi) is 8.62. The molecule has 0 radical (unpaired) electrons. The molecule has 1 N–H and O–H groups in total. The zero-order valence-electron chi connectivity index (χ0n) is 18.4. The quantitative estimate of drug-likeness (QED) is 0.573. The monoisotopic (exact) mass is 460 g/mol. The molecule has 1 fully saturated rings. The van der Waals surface area contributed by atoms with Gasteiger partial charge in [0.1, 0.15) is 5.75 Å². The third kappa shape index (κ3) is 6.29. The fourth-order valence-corrected chi connectivity index (χ4v) is 3.84. The standard InChI is InChI=1S/C24H29ClN2O5/c1-30-21-10-9-17(16-22(21)31-2)24(29)26-18-11-13-27(14-12-18)23(28)8-5-15-32-20-7-4-3-6-19(20)25/h3-4,6-7,9-10,16,18H,5,8,11-15H2,1-2H3,(H,26,29). The number of methoxy groups -OCH3 is 2. The average Bonchev–Trinajstić information content (AvgIpc) is 2.82. The number of hydrogen-bond acceptors (Lipinski definition) is 5. The van der Waals surface area contributed by atoms with Crippen molar-refractivity contribution in [3.63, 3.8) is 0 Å². The number of amides is 2. The van der Waals surface area contributed by atoms with Crippen LogP contribution in [0.1, 0.15) is 36.0 Å². The van der Waals surface area contributed by atoms with Crippen molar-refractivity contribution in [2.24, 2.45) is 0 Å². The maximum atomic E-state index is 12.6. The summed E-state index contributed by atoms with van der Waals surface area (Å²) < 4.78 is 16.1. The van der Waals surface area contributed by atoms with Gasteiger partial charge in [-0.25, -0.2) is 0 Å². The second-order valence-corrected chi connectivity index (χ2v) is 7.99. The molecule has 0 aliphatic carbocycles. The number of carbonyl (C=O) groups excluding carboxylic acids is 2. The Labute approximate surface area is 193 Å². The first-order valence-electron chi connectivity index (χ1n) is 10.7. The highest BCUT2D eigenvalue weighted by atomic mass is 35.5. The van der Waals surface area contributed by atoms with Gasteiger partial charge in [0.15, 0.2) is 11.5 Å². The summed E-state index contributed by atoms with van der Waals surface area (Å²) in [6.07, 6.45) is 2.49. The molecule has 172 valence electrons. The molecule has 8 heteroatoms. The van der Waals surface area contributed by atoms with Crippen molar-refractivity contribution >= 4 is 23.4 Å². The highest BCUT2D eigenvalue weighted by Crippen LogP contribution is 2.27. The summed E-state index contributed by atoms with van der Waals surface area (Å²) in [5.74, 6) is 1.67. The summed E-state index contributed by atoms with van der Waals surface area (Å²) in [5, 5.41) is 3.62. The van der Waals surface area contributed by atoms with E-state index in [9.17, 15) is 9.59 Å². The van der Waals surface area contributed by atoms with Gasteiger partial charge in [-0.3, -0.25) is 9.59 Å². The number of piperidine rings is 1. The molecule has 0 atom stereocenters. The van der Waals surface area contributed by atoms with Crippen molar-refractivity contribution in [1.29, 1.82) is 0 Å². The van der Waals surface area contributed by atoms with Gasteiger partial charge in [-0.15, -0.1) is 0 Å². The molecule has 2 aromatic rings. The minimum atomic E-state index is -0.160. The molecule has 2 aromatic carbocycles. The Bertz CT molecular complexity index is 928. The summed E-state index contributed by atoms with van der Waals surface area (Å²) in [7, 11) is 3.09. The first kappa shape index (κ1) is 23.7. The first-order valence-corrected chi connectivity index (χ1v) is 11.1. The molecular weight excluding hydrogens is 432 g/mol. The molecule has 2 amide bonds. The third-order valence-electron chi connectivity index (χ3n) is 5.46. The third-order valence-corrected chi connectivity index (χ3v) is 5.77. The van der Waals surface area contributed by atoms with E-state index in [2.05, 4.69) is 5.32 Å². The molecule has 0 saturated carbocycles. The number of para-hydroxylation sites is 1. The van der Waals surface area contributed by atoms with Gasteiger partial charge in [-0.2, -0.15) is 0 Å². The van der Waals surface area contributed by atoms with Gasteiger partial charge < -0.3 is 24.4 Å². The fraction of sp³-hybridized carbons (Fsp3) is 0.417. The molecule has 7 nitrogen and oxygen atoms in total. The molecule has 0 unspecified atom stereocenters. The number of benzene rings is 2. The van der Waals surface area contributed by atoms with E-state index in [1.165, 1.54) is 7.11 Å². The van der Waals surface area contributed by atoms with Crippen molar-refractivity contribution in [3.8, 4) is 17.2 Å². The zero-order valence-corrected chi connectivity index (χ0v) is 19.2. The maximum Gasteiger partial charge on any atom is 0.251 e. The van der Waals surface area contributed by atoms with Crippen LogP contribution < -0.4 is 19.5 Å². The number of ether oxygens (including phenoxy) is 3. The summed E-state index contributed by atoms with van der Waals surface area (Å²) in [6.45, 7) is 1.69. The molecule has 0 aromatic heterocycles. The molecular formula is C24H29ClN2O5. The van der Waals surface area contributed by atoms with E-state index in [0.717, 1.165) is 12.8 Å². The van der Waals surface area contributed by atoms with Crippen LogP contribution in [0.3, 0.4) is 0 Å². The van der Waals surface area contributed by atoms with E-state index in [0.29, 0.717) is 60.4 Å². The van der Waals surface area contributed by atoms with Gasteiger partial charge >= 0.3 is 0 Å². The Hall–Kier alpha value is -2.93. The van der Waals surface area contributed by atoms with Gasteiger partial charge in [-0.1, -0.05) is 23.7 Å². The Morgan fingerprint density at radius 2 is 1.75 bits per heavy atom. The maximum absolute atomic E-state index is 12.6. The number of nitrogens with zero attached hydrogens (tertiary/aromatic N) is 1. The zero-order chi connectivity index (χ0) is 22.9. The van der Waals surface area contributed by atoms with Crippen LogP contribution >= 0.6 is 11.6 Å². The predicted octanol–water partition coefficient (Wildman–Crippen LogP) is 3.94. The Morgan fingerprint density at radius 3 is 2.44 bits per heavy atom. The second kappa shape index (κ2) is 11.6. The summed E-state index contributed by atoms with van der Waals surface area (Å²) in [6, 6.07) is 12.4. The normalized spacial score (nSPS) is 14.0. The lowest BCUT2D eigenvalue weighted by molar-refractivity contribution is -0.132. The summed E-state index contributed by atoms with van der Waals surface area (Å²) in [4.78, 5) is 26.9. The minimum absolute atomic E-state index is 0.0307. The number of rotatable bonds is 9. The largest absolute Gasteiger partial charge is 0.493 e. The van der Waals surface area contributed by atoms with Crippen LogP contribution in [-0.2, 0) is 4.79 Å². The number of carbonyl (C=O) groups is 2. The lowest BCUT2D eigenvalue weighted by Gasteiger charge is -2.32. The van der Waals surface area contributed by atoms with Crippen molar-refractivity contribution in [2.75, 3.05) is 33.9 Å². The van der Waals surface area contributed by atoms with Crippen LogP contribution in [0.15, 0.2) is 42.5 Å². The van der Waals surface area contributed by atoms with Gasteiger partial charge in [-0.05, 0) is 49.6 Å². The van der Waals surface area contributed by atoms with Crippen molar-refractivity contribution in [3.05, 3.63) is 53.1 Å². The van der Waals surface area contributed by atoms with Crippen molar-refractivity contribution < 1.29 is 23.8 Å². The van der Waals surface area contributed by atoms with E-state index in [4.69, 9.17) is 25.8 Å². The Morgan fingerprint density at radius 1 is 1.03 bits per heavy atom. The van der Waals surface area contributed by atoms with Crippen molar-refractivity contribution in [2.45, 2.75) is 31.7 Å². The van der Waals surface area contributed by atoms with Gasteiger partial charge in [0.2, 0.25) is 5.91 Å². The van der Waals surface area contributed by atoms with E-state index in [1.54, 1.807) is 31.4 Å². The molecule has 0 spiro atoms. The molecule has 1 heterocycles. The average molecular weight is 461 g/mol. The lowest BCUT2D eigenvalue weighted by atomic mass is 10.0. The fourth-order valence-electron chi connectivity index (χ4n) is 3.64. The minimum Gasteiger partial charge on any atom is -0.493 e. The predicted molar refractivity (Wildman–Crippen MR) is 123 cm³/mol. The van der Waals surface area contributed by atoms with Crippen LogP contribution in [0.5, 0.6) is 17.2 Å². The van der Waals surface area contributed by atoms with Crippen LogP contribution in [0.25, 0.3) is 0 Å². The smallest absolute Gasteiger partial charge is 0.251 e. The van der Waals surface area contributed by atoms with E-state index in [1.807, 2.05) is 23.1 Å². The van der Waals surface area contributed by atoms with E-state index < -0.39 is 0 Å². The number of halogens is 1. The SMILES string of the molecule is COc1ccc(C(=O)NC2CCN(C(=O)CCCOc3ccccc3Cl)CC2)cc1OC. The molecule has 3 rings (SSSR count). The molecule has 1 saturated heterocycles. The van der Waals surface area contributed by atoms with Crippen molar-refractivity contribution in [1.82, 2.24) is 10.2 Å². The van der Waals surface area contributed by atoms with Crippen LogP contribution in [-0.4, -0.2) is 56.7 Å². The van der Waals surface area contributed by atoms with Crippen LogP contribution in [0.4, 0.5) is 0 Å². The number of likely N-dealkylation sites (tertiary alicyclic amines) is 1. The summed E-state index contributed by atoms with van der Waals surface area (Å²) in [5.41, 5.74) is 0.514. The van der Waals surface area contributed by atoms with Gasteiger partial charge in [0.25, 0.3) is 5.91 Å². The van der Waals surface area contributed by atoms with Gasteiger partial charge in [0, 0.05) is 31.1 Å². The molecule has 1 aliphatic rings. The van der Waals surface area contributed by atoms with Gasteiger partial charge in [0.05, 0.1) is 25.8 Å². The topological polar surface area (TPSA) is 77.1 Å². The molecule has 1 aliphatic heterocycles. The van der Waals surface area contributed by atoms with Crippen LogP contribution in [0.2, 0.25) is 5.02 Å². The number of nitrogens with one attached hydrogen (secondary N) is 1. The van der Waals surface area contributed by atoms with Crippen LogP contribution in [0, 0.1) is 0 Å². The molecule has 32 heavy (non-hydrogen) atoms. The highest BCUT2D eigenvalue weighted by Gasteiger charge is 2.24. The second-order valence-electron chi connectivity index (χ2n) is 7.58. The van der Waals surface area contributed by atoms with E-state index >= 15 is 0 Å². The molecule has 0 bridgehead atoms. The number of hydrogen-bond donors (Lipinski definition) is 1. The lowest BCUT2D eigenvalue weighted by Crippen LogP contribution is -2.46. The summed E-state index contributed by atoms with van der Waals surface area (Å²) >= 11 is 6.06. The first-order chi connectivity index (χ1) is 15.5. The van der Waals surface area contributed by atoms with E-state index in [-0.39, 0.29) is 17.9 Å². The highest BCUT2D eigenvalue weighted by molar-refractivity contribution is 6.32.